The lowest BCUT2D eigenvalue weighted by Crippen LogP contribution is -2.24. The molecular weight excluding hydrogens is 164 g/mol. The third kappa shape index (κ3) is 1.48. The molecule has 0 saturated carbocycles. The van der Waals surface area contributed by atoms with Crippen LogP contribution in [0.5, 0.6) is 11.5 Å². The van der Waals surface area contributed by atoms with Crippen LogP contribution in [0.15, 0.2) is 18.2 Å². The topological polar surface area (TPSA) is 18.5 Å². The van der Waals surface area contributed by atoms with Gasteiger partial charge in [0.25, 0.3) is 0 Å². The summed E-state index contributed by atoms with van der Waals surface area (Å²) in [7, 11) is 0. The van der Waals surface area contributed by atoms with E-state index in [1.807, 2.05) is 25.1 Å². The molecule has 0 aromatic heterocycles. The lowest BCUT2D eigenvalue weighted by molar-refractivity contribution is 0.00910. The van der Waals surface area contributed by atoms with Crippen molar-refractivity contribution in [2.75, 3.05) is 0 Å². The molecule has 0 fully saturated rings. The summed E-state index contributed by atoms with van der Waals surface area (Å²) in [5.41, 5.74) is 1.20. The van der Waals surface area contributed by atoms with Crippen LogP contribution in [0.3, 0.4) is 0 Å². The van der Waals surface area contributed by atoms with Gasteiger partial charge < -0.3 is 9.47 Å². The summed E-state index contributed by atoms with van der Waals surface area (Å²) >= 11 is 0. The second kappa shape index (κ2) is 2.95. The van der Waals surface area contributed by atoms with Crippen LogP contribution in [0.4, 0.5) is 0 Å². The van der Waals surface area contributed by atoms with E-state index >= 15 is 0 Å². The summed E-state index contributed by atoms with van der Waals surface area (Å²) in [4.78, 5) is 0. The smallest absolute Gasteiger partial charge is 0.243 e. The minimum absolute atomic E-state index is 0.114. The molecule has 0 N–H and O–H groups in total. The summed E-state index contributed by atoms with van der Waals surface area (Å²) in [6.45, 7) is 6.22. The molecule has 70 valence electrons. The fourth-order valence-electron chi connectivity index (χ4n) is 1.35. The molecule has 1 aliphatic rings. The quantitative estimate of drug-likeness (QED) is 0.658. The molecule has 1 atom stereocenters. The van der Waals surface area contributed by atoms with Crippen LogP contribution in [-0.2, 0) is 0 Å². The van der Waals surface area contributed by atoms with Crippen molar-refractivity contribution in [2.24, 2.45) is 5.92 Å². The molecule has 13 heavy (non-hydrogen) atoms. The largest absolute Gasteiger partial charge is 0.451 e. The zero-order valence-corrected chi connectivity index (χ0v) is 8.20. The number of aryl methyl sites for hydroxylation is 1. The first-order chi connectivity index (χ1) is 6.16. The Morgan fingerprint density at radius 1 is 1.15 bits per heavy atom. The first kappa shape index (κ1) is 8.42. The number of hydrogen-bond donors (Lipinski definition) is 0. The Hall–Kier alpha value is -1.18. The minimum atomic E-state index is -0.114. The third-order valence-corrected chi connectivity index (χ3v) is 2.13. The highest BCUT2D eigenvalue weighted by molar-refractivity contribution is 5.44. The maximum Gasteiger partial charge on any atom is 0.243 e. The predicted octanol–water partition coefficient (Wildman–Crippen LogP) is 2.75. The number of hydrogen-bond acceptors (Lipinski definition) is 2. The van der Waals surface area contributed by atoms with E-state index < -0.39 is 0 Å². The molecule has 1 aromatic rings. The Morgan fingerprint density at radius 3 is 2.54 bits per heavy atom. The monoisotopic (exact) mass is 178 g/mol. The van der Waals surface area contributed by atoms with Gasteiger partial charge in [-0.1, -0.05) is 19.9 Å². The molecular formula is C11H14O2. The molecule has 0 radical (unpaired) electrons. The van der Waals surface area contributed by atoms with Gasteiger partial charge in [-0.05, 0) is 24.6 Å². The normalized spacial score (nSPS) is 19.5. The van der Waals surface area contributed by atoms with E-state index in [0.29, 0.717) is 5.92 Å². The van der Waals surface area contributed by atoms with Crippen molar-refractivity contribution >= 4 is 0 Å². The third-order valence-electron chi connectivity index (χ3n) is 2.13. The maximum atomic E-state index is 5.63. The number of fused-ring (bicyclic) bond motifs is 1. The highest BCUT2D eigenvalue weighted by Crippen LogP contribution is 2.36. The average Bonchev–Trinajstić information content (AvgIpc) is 2.46. The molecule has 1 aliphatic heterocycles. The van der Waals surface area contributed by atoms with Crippen molar-refractivity contribution in [1.82, 2.24) is 0 Å². The highest BCUT2D eigenvalue weighted by atomic mass is 16.7. The standard InChI is InChI=1S/C11H14O2/c1-7(2)11-12-9-5-4-8(3)6-10(9)13-11/h4-7,11H,1-3H3. The zero-order valence-electron chi connectivity index (χ0n) is 8.20. The van der Waals surface area contributed by atoms with Crippen LogP contribution in [0.2, 0.25) is 0 Å². The van der Waals surface area contributed by atoms with E-state index in [1.54, 1.807) is 0 Å². The molecule has 0 bridgehead atoms. The van der Waals surface area contributed by atoms with E-state index in [0.717, 1.165) is 11.5 Å². The second-order valence-corrected chi connectivity index (χ2v) is 3.80. The summed E-state index contributed by atoms with van der Waals surface area (Å²) < 4.78 is 11.2. The van der Waals surface area contributed by atoms with E-state index in [-0.39, 0.29) is 6.29 Å². The molecule has 2 heteroatoms. The van der Waals surface area contributed by atoms with Gasteiger partial charge in [-0.2, -0.15) is 0 Å². The Balaban J connectivity index is 2.25. The Kier molecular flexibility index (Phi) is 1.91. The fourth-order valence-corrected chi connectivity index (χ4v) is 1.35. The lowest BCUT2D eigenvalue weighted by atomic mass is 10.2. The molecule has 2 rings (SSSR count). The van der Waals surface area contributed by atoms with Gasteiger partial charge in [-0.3, -0.25) is 0 Å². The van der Waals surface area contributed by atoms with Gasteiger partial charge >= 0.3 is 0 Å². The molecule has 1 heterocycles. The molecule has 1 aromatic carbocycles. The number of ether oxygens (including phenoxy) is 2. The van der Waals surface area contributed by atoms with Gasteiger partial charge in [0.05, 0.1) is 0 Å². The lowest BCUT2D eigenvalue weighted by Gasteiger charge is -2.12. The van der Waals surface area contributed by atoms with E-state index in [2.05, 4.69) is 13.8 Å². The van der Waals surface area contributed by atoms with Crippen molar-refractivity contribution in [1.29, 1.82) is 0 Å². The first-order valence-electron chi connectivity index (χ1n) is 4.61. The SMILES string of the molecule is Cc1ccc2c(c1)OC(C(C)C)O2. The molecule has 0 saturated heterocycles. The van der Waals surface area contributed by atoms with Gasteiger partial charge in [0, 0.05) is 5.92 Å². The van der Waals surface area contributed by atoms with E-state index in [1.165, 1.54) is 5.56 Å². The summed E-state index contributed by atoms with van der Waals surface area (Å²) in [5.74, 6) is 2.12. The molecule has 0 amide bonds. The molecule has 2 nitrogen and oxygen atoms in total. The van der Waals surface area contributed by atoms with Crippen LogP contribution in [0.1, 0.15) is 19.4 Å². The van der Waals surface area contributed by atoms with Crippen molar-refractivity contribution < 1.29 is 9.47 Å². The summed E-state index contributed by atoms with van der Waals surface area (Å²) in [6.07, 6.45) is -0.114. The Labute approximate surface area is 78.5 Å². The van der Waals surface area contributed by atoms with E-state index in [4.69, 9.17) is 9.47 Å². The van der Waals surface area contributed by atoms with Crippen LogP contribution < -0.4 is 9.47 Å². The number of benzene rings is 1. The first-order valence-corrected chi connectivity index (χ1v) is 4.61. The van der Waals surface area contributed by atoms with Gasteiger partial charge in [0.15, 0.2) is 11.5 Å². The Morgan fingerprint density at radius 2 is 1.85 bits per heavy atom. The maximum absolute atomic E-state index is 5.63. The second-order valence-electron chi connectivity index (χ2n) is 3.80. The molecule has 0 aliphatic carbocycles. The van der Waals surface area contributed by atoms with E-state index in [9.17, 15) is 0 Å². The summed E-state index contributed by atoms with van der Waals surface area (Å²) in [5, 5.41) is 0. The minimum Gasteiger partial charge on any atom is -0.451 e. The van der Waals surface area contributed by atoms with Crippen LogP contribution >= 0.6 is 0 Å². The molecule has 1 unspecified atom stereocenters. The van der Waals surface area contributed by atoms with Gasteiger partial charge in [0.2, 0.25) is 6.29 Å². The summed E-state index contributed by atoms with van der Waals surface area (Å²) in [6, 6.07) is 6.01. The fraction of sp³-hybridized carbons (Fsp3) is 0.455. The van der Waals surface area contributed by atoms with Gasteiger partial charge in [-0.25, -0.2) is 0 Å². The van der Waals surface area contributed by atoms with Crippen molar-refractivity contribution in [3.8, 4) is 11.5 Å². The van der Waals surface area contributed by atoms with Crippen LogP contribution in [-0.4, -0.2) is 6.29 Å². The highest BCUT2D eigenvalue weighted by Gasteiger charge is 2.26. The van der Waals surface area contributed by atoms with Crippen LogP contribution in [0.25, 0.3) is 0 Å². The van der Waals surface area contributed by atoms with Crippen molar-refractivity contribution in [2.45, 2.75) is 27.1 Å². The van der Waals surface area contributed by atoms with Crippen LogP contribution in [0, 0.1) is 12.8 Å². The van der Waals surface area contributed by atoms with Crippen molar-refractivity contribution in [3.63, 3.8) is 0 Å². The predicted molar refractivity (Wildman–Crippen MR) is 51.1 cm³/mol. The molecule has 0 spiro atoms. The average molecular weight is 178 g/mol. The Bertz CT molecular complexity index is 318. The zero-order chi connectivity index (χ0) is 9.42. The van der Waals surface area contributed by atoms with Gasteiger partial charge in [-0.15, -0.1) is 0 Å². The van der Waals surface area contributed by atoms with Gasteiger partial charge in [0.1, 0.15) is 0 Å². The van der Waals surface area contributed by atoms with Crippen molar-refractivity contribution in [3.05, 3.63) is 23.8 Å². The number of rotatable bonds is 1.